The Balaban J connectivity index is 2.09. The highest BCUT2D eigenvalue weighted by molar-refractivity contribution is 6.29. The lowest BCUT2D eigenvalue weighted by molar-refractivity contribution is 0.0951. The highest BCUT2D eigenvalue weighted by atomic mass is 35.5. The number of nitrogens with zero attached hydrogens (tertiary/aromatic N) is 2. The van der Waals surface area contributed by atoms with Crippen LogP contribution in [0, 0.1) is 0 Å². The van der Waals surface area contributed by atoms with E-state index >= 15 is 0 Å². The Morgan fingerprint density at radius 3 is 3.00 bits per heavy atom. The van der Waals surface area contributed by atoms with Crippen LogP contribution in [0.2, 0.25) is 5.15 Å². The van der Waals surface area contributed by atoms with Crippen molar-refractivity contribution in [3.8, 4) is 0 Å². The number of anilines is 1. The molecule has 0 aliphatic heterocycles. The number of hydrogen-bond donors (Lipinski definition) is 2. The molecule has 6 nitrogen and oxygen atoms in total. The van der Waals surface area contributed by atoms with Crippen LogP contribution in [0.5, 0.6) is 0 Å². The molecule has 0 atom stereocenters. The van der Waals surface area contributed by atoms with Gasteiger partial charge in [-0.1, -0.05) is 11.6 Å². The molecule has 2 N–H and O–H groups in total. The van der Waals surface area contributed by atoms with E-state index in [4.69, 9.17) is 16.0 Å². The predicted octanol–water partition coefficient (Wildman–Crippen LogP) is 2.08. The summed E-state index contributed by atoms with van der Waals surface area (Å²) in [6.45, 7) is 2.92. The second-order valence-corrected chi connectivity index (χ2v) is 4.13. The largest absolute Gasteiger partial charge is 0.451 e. The van der Waals surface area contributed by atoms with Crippen LogP contribution in [-0.2, 0) is 6.54 Å². The molecule has 1 amide bonds. The molecule has 0 saturated heterocycles. The third-order valence-electron chi connectivity index (χ3n) is 2.40. The van der Waals surface area contributed by atoms with E-state index in [1.807, 2.05) is 6.92 Å². The first kappa shape index (κ1) is 13.4. The zero-order chi connectivity index (χ0) is 13.7. The van der Waals surface area contributed by atoms with Gasteiger partial charge in [0.05, 0.1) is 23.5 Å². The minimum absolute atomic E-state index is 0.247. The zero-order valence-electron chi connectivity index (χ0n) is 10.3. The van der Waals surface area contributed by atoms with Gasteiger partial charge in [-0.3, -0.25) is 4.79 Å². The van der Waals surface area contributed by atoms with Crippen LogP contribution in [0.1, 0.15) is 23.0 Å². The number of carbonyl (C=O) groups is 1. The van der Waals surface area contributed by atoms with Crippen molar-refractivity contribution in [2.45, 2.75) is 13.5 Å². The number of amides is 1. The summed E-state index contributed by atoms with van der Waals surface area (Å²) >= 11 is 5.81. The quantitative estimate of drug-likeness (QED) is 0.820. The third-order valence-corrected chi connectivity index (χ3v) is 2.60. The predicted molar refractivity (Wildman–Crippen MR) is 71.1 cm³/mol. The van der Waals surface area contributed by atoms with Crippen molar-refractivity contribution in [2.24, 2.45) is 0 Å². The molecule has 2 aromatic heterocycles. The molecular weight excluding hydrogens is 268 g/mol. The van der Waals surface area contributed by atoms with E-state index in [0.717, 1.165) is 0 Å². The Hall–Kier alpha value is -2.08. The van der Waals surface area contributed by atoms with Gasteiger partial charge in [0.25, 0.3) is 5.91 Å². The molecule has 0 saturated carbocycles. The minimum Gasteiger partial charge on any atom is -0.451 e. The topological polar surface area (TPSA) is 80.0 Å². The number of oxazole rings is 1. The lowest BCUT2D eigenvalue weighted by atomic mass is 10.2. The van der Waals surface area contributed by atoms with Crippen molar-refractivity contribution < 1.29 is 9.21 Å². The average Bonchev–Trinajstić information content (AvgIpc) is 2.90. The first-order chi connectivity index (χ1) is 9.20. The molecule has 0 spiro atoms. The summed E-state index contributed by atoms with van der Waals surface area (Å²) in [4.78, 5) is 19.9. The van der Waals surface area contributed by atoms with E-state index < -0.39 is 0 Å². The van der Waals surface area contributed by atoms with Gasteiger partial charge in [-0.15, -0.1) is 0 Å². The lowest BCUT2D eigenvalue weighted by Crippen LogP contribution is -2.24. The maximum absolute atomic E-state index is 12.1. The van der Waals surface area contributed by atoms with Crippen molar-refractivity contribution in [2.75, 3.05) is 11.9 Å². The van der Waals surface area contributed by atoms with Gasteiger partial charge in [-0.25, -0.2) is 9.97 Å². The zero-order valence-corrected chi connectivity index (χ0v) is 11.1. The van der Waals surface area contributed by atoms with Crippen molar-refractivity contribution in [1.82, 2.24) is 15.3 Å². The second kappa shape index (κ2) is 6.19. The van der Waals surface area contributed by atoms with Gasteiger partial charge in [0.2, 0.25) is 0 Å². The molecule has 0 fully saturated rings. The standard InChI is InChI=1S/C12H13ClN4O2/c1-2-14-10-3-11(13)15-5-9(10)12(18)16-4-8-6-19-7-17-8/h3,5-7H,2,4H2,1H3,(H,14,15)(H,16,18). The van der Waals surface area contributed by atoms with E-state index in [9.17, 15) is 4.79 Å². The van der Waals surface area contributed by atoms with Crippen molar-refractivity contribution in [1.29, 1.82) is 0 Å². The van der Waals surface area contributed by atoms with Crippen LogP contribution >= 0.6 is 11.6 Å². The SMILES string of the molecule is CCNc1cc(Cl)ncc1C(=O)NCc1cocn1. The fourth-order valence-electron chi connectivity index (χ4n) is 1.54. The van der Waals surface area contributed by atoms with Gasteiger partial charge >= 0.3 is 0 Å². The second-order valence-electron chi connectivity index (χ2n) is 3.75. The summed E-state index contributed by atoms with van der Waals surface area (Å²) in [5.74, 6) is -0.247. The number of rotatable bonds is 5. The third kappa shape index (κ3) is 3.45. The highest BCUT2D eigenvalue weighted by Gasteiger charge is 2.12. The highest BCUT2D eigenvalue weighted by Crippen LogP contribution is 2.18. The molecule has 19 heavy (non-hydrogen) atoms. The van der Waals surface area contributed by atoms with Crippen LogP contribution < -0.4 is 10.6 Å². The fraction of sp³-hybridized carbons (Fsp3) is 0.250. The van der Waals surface area contributed by atoms with E-state index in [1.165, 1.54) is 18.9 Å². The number of carbonyl (C=O) groups excluding carboxylic acids is 1. The summed E-state index contributed by atoms with van der Waals surface area (Å²) in [5, 5.41) is 6.14. The van der Waals surface area contributed by atoms with Crippen molar-refractivity contribution >= 4 is 23.2 Å². The Labute approximate surface area is 115 Å². The van der Waals surface area contributed by atoms with Gasteiger partial charge in [-0.2, -0.15) is 0 Å². The lowest BCUT2D eigenvalue weighted by Gasteiger charge is -2.10. The van der Waals surface area contributed by atoms with Crippen molar-refractivity contribution in [3.63, 3.8) is 0 Å². The molecule has 2 heterocycles. The molecule has 0 bridgehead atoms. The smallest absolute Gasteiger partial charge is 0.255 e. The van der Waals surface area contributed by atoms with Crippen LogP contribution in [0.15, 0.2) is 29.3 Å². The van der Waals surface area contributed by atoms with E-state index in [1.54, 1.807) is 6.07 Å². The first-order valence-electron chi connectivity index (χ1n) is 5.75. The van der Waals surface area contributed by atoms with E-state index in [0.29, 0.717) is 35.2 Å². The van der Waals surface area contributed by atoms with Crippen LogP contribution in [0.25, 0.3) is 0 Å². The summed E-state index contributed by atoms with van der Waals surface area (Å²) in [7, 11) is 0. The van der Waals surface area contributed by atoms with Gasteiger partial charge in [-0.05, 0) is 13.0 Å². The molecule has 0 unspecified atom stereocenters. The summed E-state index contributed by atoms with van der Waals surface area (Å²) in [5.41, 5.74) is 1.75. The Morgan fingerprint density at radius 2 is 2.32 bits per heavy atom. The van der Waals surface area contributed by atoms with E-state index in [-0.39, 0.29) is 5.91 Å². The van der Waals surface area contributed by atoms with Gasteiger partial charge in [0, 0.05) is 12.7 Å². The van der Waals surface area contributed by atoms with Gasteiger partial charge < -0.3 is 15.1 Å². The maximum atomic E-state index is 12.1. The number of aromatic nitrogens is 2. The van der Waals surface area contributed by atoms with Gasteiger partial charge in [0.1, 0.15) is 11.4 Å². The van der Waals surface area contributed by atoms with Crippen molar-refractivity contribution in [3.05, 3.63) is 41.3 Å². The molecule has 0 radical (unpaired) electrons. The molecule has 0 aromatic carbocycles. The molecule has 2 aromatic rings. The summed E-state index contributed by atoms with van der Waals surface area (Å²) in [6, 6.07) is 1.62. The number of hydrogen-bond acceptors (Lipinski definition) is 5. The Kier molecular flexibility index (Phi) is 4.35. The summed E-state index contributed by atoms with van der Waals surface area (Å²) < 4.78 is 4.83. The molecule has 0 aliphatic carbocycles. The minimum atomic E-state index is -0.247. The normalized spacial score (nSPS) is 10.2. The van der Waals surface area contributed by atoms with E-state index in [2.05, 4.69) is 20.6 Å². The Morgan fingerprint density at radius 1 is 1.47 bits per heavy atom. The first-order valence-corrected chi connectivity index (χ1v) is 6.13. The molecular formula is C12H13ClN4O2. The molecule has 2 rings (SSSR count). The maximum Gasteiger partial charge on any atom is 0.255 e. The molecule has 100 valence electrons. The van der Waals surface area contributed by atoms with Crippen LogP contribution in [-0.4, -0.2) is 22.4 Å². The fourth-order valence-corrected chi connectivity index (χ4v) is 1.70. The molecule has 7 heteroatoms. The number of nitrogens with one attached hydrogen (secondary N) is 2. The van der Waals surface area contributed by atoms with Crippen LogP contribution in [0.3, 0.4) is 0 Å². The monoisotopic (exact) mass is 280 g/mol. The average molecular weight is 281 g/mol. The van der Waals surface area contributed by atoms with Crippen LogP contribution in [0.4, 0.5) is 5.69 Å². The number of pyridine rings is 1. The van der Waals surface area contributed by atoms with Gasteiger partial charge in [0.15, 0.2) is 6.39 Å². The summed E-state index contributed by atoms with van der Waals surface area (Å²) in [6.07, 6.45) is 4.24. The number of halogens is 1. The molecule has 0 aliphatic rings. The Bertz CT molecular complexity index is 557.